The standard InChI is InChI=1S/C8H9ClN2O2/c1-13-8-3-2-6(9)4-7(8)10-5-11-12/h2-5,12H,1H3,(H,10,11). The summed E-state index contributed by atoms with van der Waals surface area (Å²) in [5, 5.41) is 8.85. The molecule has 2 N–H and O–H groups in total. The van der Waals surface area contributed by atoms with Crippen molar-refractivity contribution < 1.29 is 9.94 Å². The highest BCUT2D eigenvalue weighted by molar-refractivity contribution is 6.30. The first-order chi connectivity index (χ1) is 6.27. The molecule has 4 nitrogen and oxygen atoms in total. The Labute approximate surface area is 80.8 Å². The normalized spacial score (nSPS) is 10.4. The van der Waals surface area contributed by atoms with Crippen LogP contribution in [0.25, 0.3) is 0 Å². The summed E-state index contributed by atoms with van der Waals surface area (Å²) in [6, 6.07) is 5.03. The highest BCUT2D eigenvalue weighted by atomic mass is 35.5. The van der Waals surface area contributed by atoms with Gasteiger partial charge in [0.2, 0.25) is 0 Å². The lowest BCUT2D eigenvalue weighted by Crippen LogP contribution is -2.01. The Balaban J connectivity index is 3.01. The molecule has 0 bridgehead atoms. The van der Waals surface area contributed by atoms with E-state index in [1.165, 1.54) is 7.11 Å². The summed E-state index contributed by atoms with van der Waals surface area (Å²) >= 11 is 5.74. The first-order valence-corrected chi connectivity index (χ1v) is 3.91. The molecule has 0 amide bonds. The lowest BCUT2D eigenvalue weighted by Gasteiger charge is -2.03. The summed E-state index contributed by atoms with van der Waals surface area (Å²) in [4.78, 5) is 3.86. The number of hydroxylamine groups is 1. The van der Waals surface area contributed by atoms with Gasteiger partial charge in [0.05, 0.1) is 7.11 Å². The molecule has 0 heterocycles. The number of methoxy groups -OCH3 is 1. The number of aliphatic imine (C=N–C) groups is 1. The first kappa shape index (κ1) is 9.83. The second-order valence-electron chi connectivity index (χ2n) is 2.20. The molecule has 0 aliphatic rings. The molecule has 0 spiro atoms. The number of ether oxygens (including phenoxy) is 1. The van der Waals surface area contributed by atoms with Gasteiger partial charge < -0.3 is 4.74 Å². The van der Waals surface area contributed by atoms with Crippen LogP contribution in [0.5, 0.6) is 5.75 Å². The van der Waals surface area contributed by atoms with Gasteiger partial charge in [-0.25, -0.2) is 4.99 Å². The molecule has 5 heteroatoms. The van der Waals surface area contributed by atoms with Crippen molar-refractivity contribution >= 4 is 23.6 Å². The molecule has 1 aromatic rings. The molecule has 13 heavy (non-hydrogen) atoms. The van der Waals surface area contributed by atoms with Crippen LogP contribution in [0.4, 0.5) is 5.69 Å². The summed E-state index contributed by atoms with van der Waals surface area (Å²) in [7, 11) is 1.54. The van der Waals surface area contributed by atoms with Gasteiger partial charge in [0, 0.05) is 5.02 Å². The van der Waals surface area contributed by atoms with Crippen LogP contribution >= 0.6 is 11.6 Å². The number of benzene rings is 1. The minimum Gasteiger partial charge on any atom is -0.494 e. The molecule has 1 rings (SSSR count). The molecule has 0 saturated carbocycles. The van der Waals surface area contributed by atoms with E-state index in [0.717, 1.165) is 6.34 Å². The first-order valence-electron chi connectivity index (χ1n) is 3.53. The van der Waals surface area contributed by atoms with Gasteiger partial charge in [-0.1, -0.05) is 11.6 Å². The predicted octanol–water partition coefficient (Wildman–Crippen LogP) is 1.99. The van der Waals surface area contributed by atoms with E-state index < -0.39 is 0 Å². The minimum atomic E-state index is 0.552. The van der Waals surface area contributed by atoms with E-state index in [0.29, 0.717) is 16.5 Å². The molecule has 0 saturated heterocycles. The lowest BCUT2D eigenvalue weighted by atomic mass is 10.3. The number of nitrogens with one attached hydrogen (secondary N) is 1. The van der Waals surface area contributed by atoms with Gasteiger partial charge in [0.25, 0.3) is 0 Å². The lowest BCUT2D eigenvalue weighted by molar-refractivity contribution is 0.240. The van der Waals surface area contributed by atoms with Crippen molar-refractivity contribution in [3.8, 4) is 5.75 Å². The molecular weight excluding hydrogens is 192 g/mol. The number of hydrogen-bond acceptors (Lipinski definition) is 3. The Hall–Kier alpha value is -1.26. The fourth-order valence-corrected chi connectivity index (χ4v) is 1.03. The van der Waals surface area contributed by atoms with Crippen LogP contribution in [0.3, 0.4) is 0 Å². The van der Waals surface area contributed by atoms with E-state index in [2.05, 4.69) is 4.99 Å². The Morgan fingerprint density at radius 1 is 1.62 bits per heavy atom. The number of nitrogens with zero attached hydrogens (tertiary/aromatic N) is 1. The van der Waals surface area contributed by atoms with Crippen LogP contribution in [0.15, 0.2) is 23.2 Å². The van der Waals surface area contributed by atoms with Crippen molar-refractivity contribution in [2.24, 2.45) is 4.99 Å². The Kier molecular flexibility index (Phi) is 3.54. The second kappa shape index (κ2) is 4.69. The van der Waals surface area contributed by atoms with E-state index in [1.54, 1.807) is 23.7 Å². The van der Waals surface area contributed by atoms with Gasteiger partial charge in [0.1, 0.15) is 17.8 Å². The van der Waals surface area contributed by atoms with Crippen molar-refractivity contribution in [3.05, 3.63) is 23.2 Å². The predicted molar refractivity (Wildman–Crippen MR) is 51.1 cm³/mol. The van der Waals surface area contributed by atoms with Gasteiger partial charge in [-0.3, -0.25) is 10.7 Å². The van der Waals surface area contributed by atoms with Crippen LogP contribution in [-0.2, 0) is 0 Å². The molecule has 0 fully saturated rings. The Bertz CT molecular complexity index is 315. The largest absolute Gasteiger partial charge is 0.494 e. The zero-order chi connectivity index (χ0) is 9.68. The summed E-state index contributed by atoms with van der Waals surface area (Å²) in [6.07, 6.45) is 1.13. The average Bonchev–Trinajstić information content (AvgIpc) is 2.15. The maximum atomic E-state index is 8.29. The summed E-state index contributed by atoms with van der Waals surface area (Å²) < 4.78 is 5.02. The van der Waals surface area contributed by atoms with E-state index in [-0.39, 0.29) is 0 Å². The highest BCUT2D eigenvalue weighted by Gasteiger charge is 2.00. The molecule has 0 atom stereocenters. The molecule has 70 valence electrons. The quantitative estimate of drug-likeness (QED) is 0.446. The summed E-state index contributed by atoms with van der Waals surface area (Å²) in [6.45, 7) is 0. The average molecular weight is 201 g/mol. The fourth-order valence-electron chi connectivity index (χ4n) is 0.862. The summed E-state index contributed by atoms with van der Waals surface area (Å²) in [5.74, 6) is 0.593. The number of rotatable bonds is 3. The van der Waals surface area contributed by atoms with Gasteiger partial charge in [-0.05, 0) is 18.2 Å². The summed E-state index contributed by atoms with van der Waals surface area (Å²) in [5.41, 5.74) is 2.35. The van der Waals surface area contributed by atoms with Crippen molar-refractivity contribution in [1.29, 1.82) is 0 Å². The van der Waals surface area contributed by atoms with E-state index >= 15 is 0 Å². The fraction of sp³-hybridized carbons (Fsp3) is 0.125. The molecule has 1 aromatic carbocycles. The van der Waals surface area contributed by atoms with E-state index in [9.17, 15) is 0 Å². The zero-order valence-electron chi connectivity index (χ0n) is 6.99. The molecular formula is C8H9ClN2O2. The van der Waals surface area contributed by atoms with E-state index in [1.807, 2.05) is 0 Å². The third-order valence-corrected chi connectivity index (χ3v) is 1.64. The smallest absolute Gasteiger partial charge is 0.144 e. The zero-order valence-corrected chi connectivity index (χ0v) is 7.75. The van der Waals surface area contributed by atoms with E-state index in [4.69, 9.17) is 21.5 Å². The highest BCUT2D eigenvalue weighted by Crippen LogP contribution is 2.29. The molecule has 0 aliphatic heterocycles. The maximum absolute atomic E-state index is 8.29. The number of halogens is 1. The van der Waals surface area contributed by atoms with Crippen LogP contribution in [0.1, 0.15) is 0 Å². The van der Waals surface area contributed by atoms with Gasteiger partial charge in [-0.15, -0.1) is 0 Å². The topological polar surface area (TPSA) is 53.8 Å². The second-order valence-corrected chi connectivity index (χ2v) is 2.64. The van der Waals surface area contributed by atoms with Crippen molar-refractivity contribution in [3.63, 3.8) is 0 Å². The SMILES string of the molecule is COc1ccc(Cl)cc1N=CNO. The maximum Gasteiger partial charge on any atom is 0.144 e. The minimum absolute atomic E-state index is 0.552. The van der Waals surface area contributed by atoms with Crippen LogP contribution in [-0.4, -0.2) is 18.7 Å². The number of hydrogen-bond donors (Lipinski definition) is 2. The Morgan fingerprint density at radius 2 is 2.38 bits per heavy atom. The monoisotopic (exact) mass is 200 g/mol. The van der Waals surface area contributed by atoms with Gasteiger partial charge in [0.15, 0.2) is 0 Å². The van der Waals surface area contributed by atoms with Crippen LogP contribution in [0.2, 0.25) is 5.02 Å². The van der Waals surface area contributed by atoms with Crippen molar-refractivity contribution in [2.75, 3.05) is 7.11 Å². The van der Waals surface area contributed by atoms with Crippen LogP contribution < -0.4 is 10.2 Å². The van der Waals surface area contributed by atoms with Crippen molar-refractivity contribution in [2.45, 2.75) is 0 Å². The molecule has 0 aliphatic carbocycles. The van der Waals surface area contributed by atoms with Crippen LogP contribution in [0, 0.1) is 0 Å². The third kappa shape index (κ3) is 2.61. The Morgan fingerprint density at radius 3 is 3.00 bits per heavy atom. The molecule has 0 aromatic heterocycles. The molecule has 0 unspecified atom stereocenters. The van der Waals surface area contributed by atoms with Crippen molar-refractivity contribution in [1.82, 2.24) is 5.48 Å². The third-order valence-electron chi connectivity index (χ3n) is 1.40. The van der Waals surface area contributed by atoms with Gasteiger partial charge in [-0.2, -0.15) is 0 Å². The molecule has 0 radical (unpaired) electrons. The van der Waals surface area contributed by atoms with Gasteiger partial charge >= 0.3 is 0 Å².